The van der Waals surface area contributed by atoms with Crippen LogP contribution in [0.2, 0.25) is 0 Å². The molecule has 2 aromatic carbocycles. The summed E-state index contributed by atoms with van der Waals surface area (Å²) in [5.41, 5.74) is 2.15. The van der Waals surface area contributed by atoms with Crippen molar-refractivity contribution in [3.63, 3.8) is 0 Å². The quantitative estimate of drug-likeness (QED) is 0.586. The number of hydrogen-bond donors (Lipinski definition) is 0. The Morgan fingerprint density at radius 2 is 1.54 bits per heavy atom. The minimum absolute atomic E-state index is 0. The van der Waals surface area contributed by atoms with Crippen LogP contribution in [-0.4, -0.2) is 0 Å². The van der Waals surface area contributed by atoms with Crippen molar-refractivity contribution in [2.75, 3.05) is 0 Å². The Morgan fingerprint density at radius 3 is 2.07 bits per heavy atom. The van der Waals surface area contributed by atoms with Gasteiger partial charge in [-0.15, -0.1) is 0 Å². The van der Waals surface area contributed by atoms with Gasteiger partial charge in [0, 0.05) is 11.5 Å². The smallest absolute Gasteiger partial charge is 0.583 e. The summed E-state index contributed by atoms with van der Waals surface area (Å²) in [7, 11) is 0. The first-order valence-corrected chi connectivity index (χ1v) is 9.57. The third-order valence-electron chi connectivity index (χ3n) is 5.15. The van der Waals surface area contributed by atoms with E-state index in [1.807, 2.05) is 62.4 Å². The maximum absolute atomic E-state index is 12.8. The van der Waals surface area contributed by atoms with Gasteiger partial charge in [0.25, 0.3) is 0 Å². The van der Waals surface area contributed by atoms with Crippen LogP contribution in [0, 0.1) is 0 Å². The minimum Gasteiger partial charge on any atom is -0.583 e. The van der Waals surface area contributed by atoms with Crippen LogP contribution in [-0.2, 0) is 6.42 Å². The topological polar surface area (TPSA) is 53.3 Å². The van der Waals surface area contributed by atoms with Crippen LogP contribution < -0.4 is 40.1 Å². The van der Waals surface area contributed by atoms with E-state index >= 15 is 0 Å². The van der Waals surface area contributed by atoms with Crippen molar-refractivity contribution in [3.8, 4) is 5.95 Å². The monoisotopic (exact) mass is 384 g/mol. The maximum Gasteiger partial charge on any atom is 1.00 e. The van der Waals surface area contributed by atoms with E-state index in [0.717, 1.165) is 18.4 Å². The molecule has 0 spiro atoms. The summed E-state index contributed by atoms with van der Waals surface area (Å²) < 4.78 is 5.66. The van der Waals surface area contributed by atoms with Crippen molar-refractivity contribution in [2.24, 2.45) is 0 Å². The minimum atomic E-state index is -0.500. The molecule has 0 aliphatic heterocycles. The fourth-order valence-electron chi connectivity index (χ4n) is 3.65. The van der Waals surface area contributed by atoms with E-state index in [4.69, 9.17) is 4.42 Å². The van der Waals surface area contributed by atoms with E-state index in [0.29, 0.717) is 12.2 Å². The molecule has 28 heavy (non-hydrogen) atoms. The Balaban J connectivity index is 0.00000280. The first kappa shape index (κ1) is 22.5. The summed E-state index contributed by atoms with van der Waals surface area (Å²) in [4.78, 5) is 12.8. The summed E-state index contributed by atoms with van der Waals surface area (Å²) >= 11 is 0. The Kier molecular flexibility index (Phi) is 8.56. The maximum atomic E-state index is 12.8. The first-order chi connectivity index (χ1) is 13.1. The van der Waals surface area contributed by atoms with E-state index in [9.17, 15) is 9.90 Å². The summed E-state index contributed by atoms with van der Waals surface area (Å²) in [6.07, 6.45) is 2.21. The van der Waals surface area contributed by atoms with Gasteiger partial charge >= 0.3 is 29.6 Å². The summed E-state index contributed by atoms with van der Waals surface area (Å²) in [5, 5.41) is 12.7. The van der Waals surface area contributed by atoms with Gasteiger partial charge in [-0.25, -0.2) is 0 Å². The fourth-order valence-corrected chi connectivity index (χ4v) is 3.65. The molecule has 0 bridgehead atoms. The van der Waals surface area contributed by atoms with E-state index < -0.39 is 5.95 Å². The molecule has 0 saturated heterocycles. The fraction of sp³-hybridized carbons (Fsp3) is 0.292. The van der Waals surface area contributed by atoms with Crippen molar-refractivity contribution in [1.82, 2.24) is 0 Å². The van der Waals surface area contributed by atoms with E-state index in [2.05, 4.69) is 12.1 Å². The van der Waals surface area contributed by atoms with Crippen molar-refractivity contribution < 1.29 is 39.1 Å². The van der Waals surface area contributed by atoms with Gasteiger partial charge in [0.15, 0.2) is 5.43 Å². The van der Waals surface area contributed by atoms with E-state index in [-0.39, 0.29) is 52.4 Å². The van der Waals surface area contributed by atoms with Gasteiger partial charge in [0.05, 0.1) is 5.95 Å². The molecule has 2 atom stereocenters. The predicted molar refractivity (Wildman–Crippen MR) is 106 cm³/mol. The summed E-state index contributed by atoms with van der Waals surface area (Å²) in [6, 6.07) is 21.3. The number of rotatable bonds is 7. The molecule has 1 aromatic heterocycles. The second-order valence-electron chi connectivity index (χ2n) is 6.88. The molecule has 0 aliphatic rings. The van der Waals surface area contributed by atoms with Crippen LogP contribution >= 0.6 is 0 Å². The molecule has 4 heteroatoms. The van der Waals surface area contributed by atoms with Crippen LogP contribution in [0.15, 0.2) is 75.9 Å². The standard InChI is InChI=1S/C24H26O3.Na/c1-3-18(15-17-11-7-5-8-12-17)22-16-21(25)23(24(26)27-22)20(4-2)19-13-9-6-10-14-19;/h5-14,16,18,20,26H,3-4,15H2,1-2H3;/q;+1/p-1. The Labute approximate surface area is 188 Å². The van der Waals surface area contributed by atoms with Crippen LogP contribution in [0.3, 0.4) is 0 Å². The molecule has 0 N–H and O–H groups in total. The second-order valence-corrected chi connectivity index (χ2v) is 6.88. The molecule has 140 valence electrons. The van der Waals surface area contributed by atoms with Gasteiger partial charge in [0.2, 0.25) is 0 Å². The number of hydrogen-bond acceptors (Lipinski definition) is 3. The normalized spacial score (nSPS) is 12.8. The molecule has 0 radical (unpaired) electrons. The van der Waals surface area contributed by atoms with Crippen LogP contribution in [0.4, 0.5) is 0 Å². The molecule has 3 nitrogen and oxygen atoms in total. The Hall–Kier alpha value is -1.81. The zero-order valence-corrected chi connectivity index (χ0v) is 18.9. The van der Waals surface area contributed by atoms with Crippen LogP contribution in [0.5, 0.6) is 5.95 Å². The van der Waals surface area contributed by atoms with Gasteiger partial charge in [-0.3, -0.25) is 4.79 Å². The number of benzene rings is 2. The first-order valence-electron chi connectivity index (χ1n) is 9.57. The van der Waals surface area contributed by atoms with E-state index in [1.165, 1.54) is 11.6 Å². The van der Waals surface area contributed by atoms with Crippen LogP contribution in [0.25, 0.3) is 0 Å². The molecular weight excluding hydrogens is 359 g/mol. The Bertz CT molecular complexity index is 920. The third-order valence-corrected chi connectivity index (χ3v) is 5.15. The molecule has 1 heterocycles. The van der Waals surface area contributed by atoms with Crippen molar-refractivity contribution >= 4 is 0 Å². The predicted octanol–water partition coefficient (Wildman–Crippen LogP) is 2.00. The van der Waals surface area contributed by atoms with Gasteiger partial charge in [0.1, 0.15) is 0 Å². The molecular formula is C24H25NaO3. The van der Waals surface area contributed by atoms with E-state index in [1.54, 1.807) is 0 Å². The second kappa shape index (κ2) is 10.7. The summed E-state index contributed by atoms with van der Waals surface area (Å²) in [5.74, 6) is -0.236. The Morgan fingerprint density at radius 1 is 0.929 bits per heavy atom. The van der Waals surface area contributed by atoms with Crippen molar-refractivity contribution in [3.05, 3.63) is 99.4 Å². The van der Waals surface area contributed by atoms with Crippen LogP contribution in [0.1, 0.15) is 61.0 Å². The SMILES string of the molecule is CCC(Cc1ccccc1)c1cc(=O)c(C(CC)c2ccccc2)c([O-])o1.[Na+]. The van der Waals surface area contributed by atoms with Crippen molar-refractivity contribution in [2.45, 2.75) is 44.9 Å². The molecule has 0 saturated carbocycles. The molecule has 0 aliphatic carbocycles. The largest absolute Gasteiger partial charge is 1.00 e. The van der Waals surface area contributed by atoms with Gasteiger partial charge in [-0.05, 0) is 48.1 Å². The molecule has 2 unspecified atom stereocenters. The molecule has 3 rings (SSSR count). The van der Waals surface area contributed by atoms with Gasteiger partial charge in [-0.1, -0.05) is 74.5 Å². The molecule has 0 amide bonds. The summed E-state index contributed by atoms with van der Waals surface area (Å²) in [6.45, 7) is 4.03. The molecule has 0 fully saturated rings. The molecule has 3 aromatic rings. The third kappa shape index (κ3) is 5.16. The van der Waals surface area contributed by atoms with Gasteiger partial charge in [-0.2, -0.15) is 0 Å². The zero-order chi connectivity index (χ0) is 19.2. The average molecular weight is 384 g/mol. The average Bonchev–Trinajstić information content (AvgIpc) is 2.70. The van der Waals surface area contributed by atoms with Gasteiger partial charge < -0.3 is 9.52 Å². The van der Waals surface area contributed by atoms with Crippen molar-refractivity contribution in [1.29, 1.82) is 0 Å². The zero-order valence-electron chi connectivity index (χ0n) is 16.9.